The molecule has 0 aliphatic heterocycles. The van der Waals surface area contributed by atoms with E-state index in [4.69, 9.17) is 11.0 Å². The summed E-state index contributed by atoms with van der Waals surface area (Å²) in [5, 5.41) is 10.9. The van der Waals surface area contributed by atoms with Crippen LogP contribution in [-0.4, -0.2) is 17.0 Å². The maximum Gasteiger partial charge on any atom is 0.239 e. The molecule has 80 valence electrons. The van der Waals surface area contributed by atoms with Gasteiger partial charge in [0, 0.05) is 25.0 Å². The second-order valence-corrected chi connectivity index (χ2v) is 3.09. The molecule has 0 aliphatic carbocycles. The molecule has 0 atom stereocenters. The number of nitrogens with two attached hydrogens (primary N) is 1. The van der Waals surface area contributed by atoms with Crippen LogP contribution in [0, 0.1) is 11.3 Å². The summed E-state index contributed by atoms with van der Waals surface area (Å²) in [5.41, 5.74) is 6.42. The maximum atomic E-state index is 11.4. The van der Waals surface area contributed by atoms with Gasteiger partial charge >= 0.3 is 0 Å². The molecule has 0 radical (unpaired) electrons. The van der Waals surface area contributed by atoms with Gasteiger partial charge in [0.25, 0.3) is 0 Å². The summed E-state index contributed by atoms with van der Waals surface area (Å²) < 4.78 is 1.79. The molecule has 5 nitrogen and oxygen atoms in total. The molecule has 0 unspecified atom stereocenters. The summed E-state index contributed by atoms with van der Waals surface area (Å²) in [6.45, 7) is 1.07. The van der Waals surface area contributed by atoms with Crippen LogP contribution in [0.5, 0.6) is 0 Å². The lowest BCUT2D eigenvalue weighted by atomic mass is 10.4. The number of amides is 1. The van der Waals surface area contributed by atoms with Gasteiger partial charge in [-0.05, 0) is 12.1 Å². The Hall–Kier alpha value is -1.80. The van der Waals surface area contributed by atoms with Crippen LogP contribution < -0.4 is 11.1 Å². The Morgan fingerprint density at radius 1 is 1.67 bits per heavy atom. The highest BCUT2D eigenvalue weighted by Crippen LogP contribution is 2.00. The van der Waals surface area contributed by atoms with Crippen molar-refractivity contribution in [2.45, 2.75) is 19.5 Å². The zero-order chi connectivity index (χ0) is 11.1. The molecule has 5 heteroatoms. The third-order valence-corrected chi connectivity index (χ3v) is 2.01. The van der Waals surface area contributed by atoms with Crippen molar-refractivity contribution in [2.24, 2.45) is 5.73 Å². The molecule has 0 aliphatic rings. The van der Waals surface area contributed by atoms with Gasteiger partial charge in [0.1, 0.15) is 6.54 Å². The standard InChI is InChI=1S/C10H14N4O/c11-4-2-5-13-10(15)8-14-6-1-3-9(14)7-12/h1,3,6H,2,5,7-8,12H2,(H,13,15). The molecular weight excluding hydrogens is 192 g/mol. The van der Waals surface area contributed by atoms with Crippen LogP contribution in [0.2, 0.25) is 0 Å². The number of carbonyl (C=O) groups excluding carboxylic acids is 1. The van der Waals surface area contributed by atoms with Gasteiger partial charge < -0.3 is 15.6 Å². The van der Waals surface area contributed by atoms with Crippen molar-refractivity contribution >= 4 is 5.91 Å². The summed E-state index contributed by atoms with van der Waals surface area (Å²) in [6.07, 6.45) is 2.15. The first-order valence-corrected chi connectivity index (χ1v) is 4.75. The summed E-state index contributed by atoms with van der Waals surface area (Å²) in [6, 6.07) is 5.69. The van der Waals surface area contributed by atoms with E-state index < -0.39 is 0 Å². The highest BCUT2D eigenvalue weighted by Gasteiger charge is 2.04. The number of nitrogens with one attached hydrogen (secondary N) is 1. The van der Waals surface area contributed by atoms with Crippen molar-refractivity contribution in [1.82, 2.24) is 9.88 Å². The normalized spacial score (nSPS) is 9.60. The number of carbonyl (C=O) groups is 1. The van der Waals surface area contributed by atoms with Crippen LogP contribution in [0.15, 0.2) is 18.3 Å². The smallest absolute Gasteiger partial charge is 0.239 e. The van der Waals surface area contributed by atoms with Crippen LogP contribution >= 0.6 is 0 Å². The first-order chi connectivity index (χ1) is 7.27. The fraction of sp³-hybridized carbons (Fsp3) is 0.400. The van der Waals surface area contributed by atoms with E-state index in [2.05, 4.69) is 5.32 Å². The largest absolute Gasteiger partial charge is 0.354 e. The topological polar surface area (TPSA) is 83.8 Å². The lowest BCUT2D eigenvalue weighted by Gasteiger charge is -2.07. The van der Waals surface area contributed by atoms with Crippen LogP contribution in [0.4, 0.5) is 0 Å². The summed E-state index contributed by atoms with van der Waals surface area (Å²) in [5.74, 6) is -0.101. The molecule has 1 heterocycles. The Morgan fingerprint density at radius 3 is 3.13 bits per heavy atom. The van der Waals surface area contributed by atoms with Crippen molar-refractivity contribution in [1.29, 1.82) is 5.26 Å². The summed E-state index contributed by atoms with van der Waals surface area (Å²) >= 11 is 0. The van der Waals surface area contributed by atoms with Crippen LogP contribution in [0.3, 0.4) is 0 Å². The Morgan fingerprint density at radius 2 is 2.47 bits per heavy atom. The molecular formula is C10H14N4O. The Kier molecular flexibility index (Phi) is 4.38. The molecule has 0 fully saturated rings. The van der Waals surface area contributed by atoms with E-state index in [0.29, 0.717) is 19.5 Å². The molecule has 0 bridgehead atoms. The molecule has 3 N–H and O–H groups in total. The minimum atomic E-state index is -0.101. The van der Waals surface area contributed by atoms with Crippen molar-refractivity contribution < 1.29 is 4.79 Å². The van der Waals surface area contributed by atoms with E-state index in [0.717, 1.165) is 5.69 Å². The van der Waals surface area contributed by atoms with Gasteiger partial charge in [0.05, 0.1) is 12.5 Å². The quantitative estimate of drug-likeness (QED) is 0.664. The summed E-state index contributed by atoms with van der Waals surface area (Å²) in [4.78, 5) is 11.4. The molecule has 1 amide bonds. The van der Waals surface area contributed by atoms with Crippen molar-refractivity contribution in [2.75, 3.05) is 6.54 Å². The van der Waals surface area contributed by atoms with E-state index in [9.17, 15) is 4.79 Å². The number of rotatable bonds is 5. The highest BCUT2D eigenvalue weighted by molar-refractivity contribution is 5.75. The van der Waals surface area contributed by atoms with Crippen molar-refractivity contribution in [3.8, 4) is 6.07 Å². The van der Waals surface area contributed by atoms with Gasteiger partial charge in [-0.1, -0.05) is 0 Å². The monoisotopic (exact) mass is 206 g/mol. The van der Waals surface area contributed by atoms with Crippen LogP contribution in [0.1, 0.15) is 12.1 Å². The second kappa shape index (κ2) is 5.83. The number of nitriles is 1. The Bertz CT molecular complexity index is 364. The average molecular weight is 206 g/mol. The van der Waals surface area contributed by atoms with Crippen molar-refractivity contribution in [3.63, 3.8) is 0 Å². The van der Waals surface area contributed by atoms with E-state index in [1.165, 1.54) is 0 Å². The fourth-order valence-corrected chi connectivity index (χ4v) is 1.26. The third kappa shape index (κ3) is 3.44. The lowest BCUT2D eigenvalue weighted by molar-refractivity contribution is -0.121. The van der Waals surface area contributed by atoms with Crippen LogP contribution in [0.25, 0.3) is 0 Å². The van der Waals surface area contributed by atoms with E-state index >= 15 is 0 Å². The SMILES string of the molecule is N#CCCNC(=O)Cn1cccc1CN. The predicted molar refractivity (Wildman–Crippen MR) is 55.6 cm³/mol. The number of hydrogen-bond donors (Lipinski definition) is 2. The lowest BCUT2D eigenvalue weighted by Crippen LogP contribution is -2.28. The predicted octanol–water partition coefficient (Wildman–Crippen LogP) is -0.0233. The van der Waals surface area contributed by atoms with Gasteiger partial charge in [-0.15, -0.1) is 0 Å². The van der Waals surface area contributed by atoms with Gasteiger partial charge in [-0.3, -0.25) is 4.79 Å². The zero-order valence-corrected chi connectivity index (χ0v) is 8.44. The Labute approximate surface area is 88.5 Å². The van der Waals surface area contributed by atoms with Gasteiger partial charge in [-0.25, -0.2) is 0 Å². The minimum Gasteiger partial charge on any atom is -0.354 e. The number of aromatic nitrogens is 1. The zero-order valence-electron chi connectivity index (χ0n) is 8.44. The molecule has 1 aromatic rings. The molecule has 0 spiro atoms. The van der Waals surface area contributed by atoms with E-state index in [-0.39, 0.29) is 12.5 Å². The minimum absolute atomic E-state index is 0.101. The molecule has 15 heavy (non-hydrogen) atoms. The van der Waals surface area contributed by atoms with Gasteiger partial charge in [-0.2, -0.15) is 5.26 Å². The van der Waals surface area contributed by atoms with Gasteiger partial charge in [0.2, 0.25) is 5.91 Å². The highest BCUT2D eigenvalue weighted by atomic mass is 16.1. The first kappa shape index (κ1) is 11.3. The molecule has 0 saturated heterocycles. The molecule has 0 saturated carbocycles. The average Bonchev–Trinajstić information content (AvgIpc) is 2.65. The van der Waals surface area contributed by atoms with Crippen LogP contribution in [-0.2, 0) is 17.9 Å². The number of nitrogens with zero attached hydrogens (tertiary/aromatic N) is 2. The second-order valence-electron chi connectivity index (χ2n) is 3.09. The fourth-order valence-electron chi connectivity index (χ4n) is 1.26. The molecule has 1 aromatic heterocycles. The summed E-state index contributed by atoms with van der Waals surface area (Å²) in [7, 11) is 0. The third-order valence-electron chi connectivity index (χ3n) is 2.01. The number of hydrogen-bond acceptors (Lipinski definition) is 3. The van der Waals surface area contributed by atoms with Gasteiger partial charge in [0.15, 0.2) is 0 Å². The molecule has 1 rings (SSSR count). The van der Waals surface area contributed by atoms with E-state index in [1.54, 1.807) is 4.57 Å². The van der Waals surface area contributed by atoms with Crippen molar-refractivity contribution in [3.05, 3.63) is 24.0 Å². The van der Waals surface area contributed by atoms with E-state index in [1.807, 2.05) is 24.4 Å². The maximum absolute atomic E-state index is 11.4. The Balaban J connectivity index is 2.41. The molecule has 0 aromatic carbocycles. The first-order valence-electron chi connectivity index (χ1n) is 4.75.